The summed E-state index contributed by atoms with van der Waals surface area (Å²) in [5, 5.41) is 6.74. The van der Waals surface area contributed by atoms with Gasteiger partial charge in [-0.15, -0.1) is 0 Å². The average molecular weight is 343 g/mol. The number of carbonyl (C=O) groups is 2. The molecular weight excluding hydrogens is 328 g/mol. The van der Waals surface area contributed by atoms with Crippen LogP contribution in [-0.2, 0) is 4.79 Å². The van der Waals surface area contributed by atoms with Crippen LogP contribution in [-0.4, -0.2) is 11.8 Å². The van der Waals surface area contributed by atoms with E-state index >= 15 is 0 Å². The molecule has 3 aromatic rings. The SMILES string of the molecule is CCC(=O)Nc1c(C(=O)Nc2ccc(Cl)cc2)oc2ccccc12. The van der Waals surface area contributed by atoms with E-state index in [0.717, 1.165) is 0 Å². The highest BCUT2D eigenvalue weighted by molar-refractivity contribution is 6.30. The molecule has 1 heterocycles. The molecule has 0 unspecified atom stereocenters. The maximum atomic E-state index is 12.6. The van der Waals surface area contributed by atoms with Crippen LogP contribution in [0.5, 0.6) is 0 Å². The van der Waals surface area contributed by atoms with Gasteiger partial charge < -0.3 is 15.1 Å². The molecule has 0 aliphatic rings. The highest BCUT2D eigenvalue weighted by atomic mass is 35.5. The topological polar surface area (TPSA) is 71.3 Å². The largest absolute Gasteiger partial charge is 0.449 e. The molecule has 122 valence electrons. The van der Waals surface area contributed by atoms with Crippen LogP contribution < -0.4 is 10.6 Å². The van der Waals surface area contributed by atoms with Crippen LogP contribution >= 0.6 is 11.6 Å². The molecule has 2 aromatic carbocycles. The summed E-state index contributed by atoms with van der Waals surface area (Å²) in [7, 11) is 0. The van der Waals surface area contributed by atoms with Crippen molar-refractivity contribution in [3.05, 3.63) is 59.3 Å². The maximum Gasteiger partial charge on any atom is 0.293 e. The normalized spacial score (nSPS) is 10.6. The number of furan rings is 1. The number of fused-ring (bicyclic) bond motifs is 1. The predicted octanol–water partition coefficient (Wildman–Crippen LogP) is 4.69. The van der Waals surface area contributed by atoms with Crippen molar-refractivity contribution < 1.29 is 14.0 Å². The van der Waals surface area contributed by atoms with E-state index in [9.17, 15) is 9.59 Å². The molecule has 0 saturated carbocycles. The summed E-state index contributed by atoms with van der Waals surface area (Å²) in [4.78, 5) is 24.4. The predicted molar refractivity (Wildman–Crippen MR) is 94.5 cm³/mol. The standard InChI is InChI=1S/C18H15ClN2O3/c1-2-15(22)21-16-13-5-3-4-6-14(13)24-17(16)18(23)20-12-9-7-11(19)8-10-12/h3-10H,2H2,1H3,(H,20,23)(H,21,22). The lowest BCUT2D eigenvalue weighted by Gasteiger charge is -2.06. The zero-order valence-electron chi connectivity index (χ0n) is 12.9. The molecule has 3 rings (SSSR count). The van der Waals surface area contributed by atoms with Gasteiger partial charge in [0.05, 0.1) is 0 Å². The second-order valence-corrected chi connectivity index (χ2v) is 5.60. The number of anilines is 2. The minimum atomic E-state index is -0.445. The molecule has 0 aliphatic heterocycles. The third kappa shape index (κ3) is 3.26. The molecule has 0 fully saturated rings. The van der Waals surface area contributed by atoms with E-state index in [-0.39, 0.29) is 11.7 Å². The van der Waals surface area contributed by atoms with Gasteiger partial charge in [-0.1, -0.05) is 30.7 Å². The van der Waals surface area contributed by atoms with Crippen LogP contribution in [0, 0.1) is 0 Å². The van der Waals surface area contributed by atoms with Gasteiger partial charge in [0.1, 0.15) is 11.3 Å². The van der Waals surface area contributed by atoms with Gasteiger partial charge >= 0.3 is 0 Å². The summed E-state index contributed by atoms with van der Waals surface area (Å²) in [6, 6.07) is 13.9. The highest BCUT2D eigenvalue weighted by Crippen LogP contribution is 2.31. The Hall–Kier alpha value is -2.79. The smallest absolute Gasteiger partial charge is 0.293 e. The quantitative estimate of drug-likeness (QED) is 0.722. The third-order valence-electron chi connectivity index (χ3n) is 3.49. The van der Waals surface area contributed by atoms with E-state index in [4.69, 9.17) is 16.0 Å². The summed E-state index contributed by atoms with van der Waals surface area (Å²) in [6.45, 7) is 1.74. The number of hydrogen-bond acceptors (Lipinski definition) is 3. The van der Waals surface area contributed by atoms with Crippen LogP contribution in [0.3, 0.4) is 0 Å². The van der Waals surface area contributed by atoms with Gasteiger partial charge in [0, 0.05) is 22.5 Å². The number of carbonyl (C=O) groups excluding carboxylic acids is 2. The molecule has 1 aromatic heterocycles. The molecule has 0 bridgehead atoms. The lowest BCUT2D eigenvalue weighted by Crippen LogP contribution is -2.16. The Morgan fingerprint density at radius 3 is 2.46 bits per heavy atom. The number of amides is 2. The van der Waals surface area contributed by atoms with Crippen LogP contribution in [0.4, 0.5) is 11.4 Å². The highest BCUT2D eigenvalue weighted by Gasteiger charge is 2.22. The monoisotopic (exact) mass is 342 g/mol. The first-order valence-corrected chi connectivity index (χ1v) is 7.84. The van der Waals surface area contributed by atoms with Crippen LogP contribution in [0.1, 0.15) is 23.9 Å². The van der Waals surface area contributed by atoms with Crippen LogP contribution in [0.2, 0.25) is 5.02 Å². The average Bonchev–Trinajstić information content (AvgIpc) is 2.95. The fourth-order valence-electron chi connectivity index (χ4n) is 2.28. The number of nitrogens with one attached hydrogen (secondary N) is 2. The molecule has 0 aliphatic carbocycles. The zero-order chi connectivity index (χ0) is 17.1. The minimum Gasteiger partial charge on any atom is -0.449 e. The first-order valence-electron chi connectivity index (χ1n) is 7.46. The fourth-order valence-corrected chi connectivity index (χ4v) is 2.40. The van der Waals surface area contributed by atoms with Gasteiger partial charge in [-0.3, -0.25) is 9.59 Å². The Balaban J connectivity index is 1.97. The van der Waals surface area contributed by atoms with Crippen molar-refractivity contribution in [3.63, 3.8) is 0 Å². The summed E-state index contributed by atoms with van der Waals surface area (Å²) < 4.78 is 5.65. The Labute approximate surface area is 143 Å². The van der Waals surface area contributed by atoms with Gasteiger partial charge in [0.25, 0.3) is 5.91 Å². The molecule has 0 radical (unpaired) electrons. The van der Waals surface area contributed by atoms with Crippen LogP contribution in [0.15, 0.2) is 52.9 Å². The molecular formula is C18H15ClN2O3. The van der Waals surface area contributed by atoms with Crippen molar-refractivity contribution >= 4 is 45.8 Å². The summed E-state index contributed by atoms with van der Waals surface area (Å²) in [5.74, 6) is -0.574. The van der Waals surface area contributed by atoms with Gasteiger partial charge in [-0.25, -0.2) is 0 Å². The number of hydrogen-bond donors (Lipinski definition) is 2. The molecule has 5 nitrogen and oxygen atoms in total. The van der Waals surface area contributed by atoms with Crippen molar-refractivity contribution in [2.45, 2.75) is 13.3 Å². The van der Waals surface area contributed by atoms with Gasteiger partial charge in [0.2, 0.25) is 11.7 Å². The van der Waals surface area contributed by atoms with Crippen molar-refractivity contribution in [1.29, 1.82) is 0 Å². The molecule has 0 spiro atoms. The molecule has 2 N–H and O–H groups in total. The van der Waals surface area contributed by atoms with Crippen LogP contribution in [0.25, 0.3) is 11.0 Å². The van der Waals surface area contributed by atoms with Gasteiger partial charge in [0.15, 0.2) is 0 Å². The summed E-state index contributed by atoms with van der Waals surface area (Å²) in [5.41, 5.74) is 1.49. The maximum absolute atomic E-state index is 12.6. The fraction of sp³-hybridized carbons (Fsp3) is 0.111. The number of rotatable bonds is 4. The molecule has 6 heteroatoms. The van der Waals surface area contributed by atoms with Crippen molar-refractivity contribution in [3.8, 4) is 0 Å². The summed E-state index contributed by atoms with van der Waals surface area (Å²) >= 11 is 5.84. The number of para-hydroxylation sites is 1. The molecule has 2 amide bonds. The van der Waals surface area contributed by atoms with E-state index in [1.54, 1.807) is 49.4 Å². The Morgan fingerprint density at radius 1 is 1.04 bits per heavy atom. The number of benzene rings is 2. The van der Waals surface area contributed by atoms with Crippen molar-refractivity contribution in [1.82, 2.24) is 0 Å². The van der Waals surface area contributed by atoms with Gasteiger partial charge in [-0.05, 0) is 36.4 Å². The lowest BCUT2D eigenvalue weighted by molar-refractivity contribution is -0.115. The molecule has 0 saturated heterocycles. The number of halogens is 1. The first-order chi connectivity index (χ1) is 11.6. The Kier molecular flexibility index (Phi) is 4.53. The molecule has 0 atom stereocenters. The van der Waals surface area contributed by atoms with E-state index in [0.29, 0.717) is 33.8 Å². The summed E-state index contributed by atoms with van der Waals surface area (Å²) in [6.07, 6.45) is 0.303. The second-order valence-electron chi connectivity index (χ2n) is 5.17. The Bertz CT molecular complexity index is 900. The Morgan fingerprint density at radius 2 is 1.75 bits per heavy atom. The van der Waals surface area contributed by atoms with Crippen molar-refractivity contribution in [2.24, 2.45) is 0 Å². The van der Waals surface area contributed by atoms with E-state index in [1.165, 1.54) is 0 Å². The van der Waals surface area contributed by atoms with Gasteiger partial charge in [-0.2, -0.15) is 0 Å². The van der Waals surface area contributed by atoms with E-state index < -0.39 is 5.91 Å². The lowest BCUT2D eigenvalue weighted by atomic mass is 10.2. The second kappa shape index (κ2) is 6.76. The molecule has 24 heavy (non-hydrogen) atoms. The minimum absolute atomic E-state index is 0.0629. The van der Waals surface area contributed by atoms with E-state index in [1.807, 2.05) is 6.07 Å². The first kappa shape index (κ1) is 16.1. The van der Waals surface area contributed by atoms with E-state index in [2.05, 4.69) is 10.6 Å². The van der Waals surface area contributed by atoms with Crippen molar-refractivity contribution in [2.75, 3.05) is 10.6 Å². The third-order valence-corrected chi connectivity index (χ3v) is 3.74. The zero-order valence-corrected chi connectivity index (χ0v) is 13.7.